The van der Waals surface area contributed by atoms with Crippen LogP contribution in [0.3, 0.4) is 0 Å². The van der Waals surface area contributed by atoms with Crippen molar-refractivity contribution in [1.82, 2.24) is 10.6 Å². The normalized spacial score (nSPS) is 28.3. The highest BCUT2D eigenvalue weighted by molar-refractivity contribution is 5.98. The first kappa shape index (κ1) is 27.1. The highest BCUT2D eigenvalue weighted by Gasteiger charge is 2.44. The SMILES string of the molecule is COc1cc(F)c(OC2CCC(C)(C(=O)O)CC2)cc1C(=O)NC1CCCC1C(=O)NCC1(CF)CC1. The maximum absolute atomic E-state index is 14.8. The zero-order valence-corrected chi connectivity index (χ0v) is 21.4. The molecular formula is C27H36F2N2O6. The summed E-state index contributed by atoms with van der Waals surface area (Å²) in [4.78, 5) is 37.5. The molecule has 0 aromatic heterocycles. The van der Waals surface area contributed by atoms with Crippen molar-refractivity contribution in [3.63, 3.8) is 0 Å². The van der Waals surface area contributed by atoms with E-state index in [1.54, 1.807) is 6.92 Å². The van der Waals surface area contributed by atoms with Gasteiger partial charge >= 0.3 is 5.97 Å². The number of aliphatic carboxylic acids is 1. The summed E-state index contributed by atoms with van der Waals surface area (Å²) in [6.45, 7) is 1.55. The van der Waals surface area contributed by atoms with Gasteiger partial charge in [0.15, 0.2) is 11.6 Å². The number of hydrogen-bond donors (Lipinski definition) is 3. The van der Waals surface area contributed by atoms with Crippen molar-refractivity contribution >= 4 is 17.8 Å². The van der Waals surface area contributed by atoms with E-state index in [2.05, 4.69) is 10.6 Å². The van der Waals surface area contributed by atoms with Gasteiger partial charge in [-0.05, 0) is 64.4 Å². The molecule has 10 heteroatoms. The predicted octanol–water partition coefficient (Wildman–Crippen LogP) is 4.01. The molecule has 2 atom stereocenters. The van der Waals surface area contributed by atoms with E-state index in [-0.39, 0.29) is 29.1 Å². The number of methoxy groups -OCH3 is 1. The van der Waals surface area contributed by atoms with Crippen LogP contribution in [-0.4, -0.2) is 55.4 Å². The summed E-state index contributed by atoms with van der Waals surface area (Å²) in [5, 5.41) is 15.2. The fraction of sp³-hybridized carbons (Fsp3) is 0.667. The van der Waals surface area contributed by atoms with E-state index < -0.39 is 47.2 Å². The number of ether oxygens (including phenoxy) is 2. The van der Waals surface area contributed by atoms with Crippen LogP contribution >= 0.6 is 0 Å². The highest BCUT2D eigenvalue weighted by Crippen LogP contribution is 2.45. The number of carboxylic acids is 1. The molecule has 2 amide bonds. The van der Waals surface area contributed by atoms with Crippen LogP contribution in [0, 0.1) is 22.6 Å². The van der Waals surface area contributed by atoms with Crippen LogP contribution in [0.2, 0.25) is 0 Å². The number of amides is 2. The van der Waals surface area contributed by atoms with Crippen molar-refractivity contribution in [1.29, 1.82) is 0 Å². The molecule has 0 spiro atoms. The van der Waals surface area contributed by atoms with Crippen LogP contribution in [0.4, 0.5) is 8.78 Å². The van der Waals surface area contributed by atoms with E-state index in [0.29, 0.717) is 45.1 Å². The van der Waals surface area contributed by atoms with Crippen LogP contribution in [0.25, 0.3) is 0 Å². The third kappa shape index (κ3) is 5.99. The molecule has 3 aliphatic rings. The Kier molecular flexibility index (Phi) is 7.94. The number of rotatable bonds is 10. The van der Waals surface area contributed by atoms with E-state index in [4.69, 9.17) is 9.47 Å². The van der Waals surface area contributed by atoms with Crippen molar-refractivity contribution in [2.75, 3.05) is 20.3 Å². The second-order valence-corrected chi connectivity index (χ2v) is 11.1. The van der Waals surface area contributed by atoms with Crippen LogP contribution in [0.1, 0.15) is 75.1 Å². The van der Waals surface area contributed by atoms with Gasteiger partial charge in [0.05, 0.1) is 36.8 Å². The first-order valence-corrected chi connectivity index (χ1v) is 13.0. The highest BCUT2D eigenvalue weighted by atomic mass is 19.1. The van der Waals surface area contributed by atoms with Crippen LogP contribution < -0.4 is 20.1 Å². The number of hydrogen-bond acceptors (Lipinski definition) is 5. The summed E-state index contributed by atoms with van der Waals surface area (Å²) in [6, 6.07) is 2.00. The smallest absolute Gasteiger partial charge is 0.309 e. The minimum absolute atomic E-state index is 0.0436. The summed E-state index contributed by atoms with van der Waals surface area (Å²) in [6.07, 6.45) is 4.91. The van der Waals surface area contributed by atoms with Gasteiger partial charge in [-0.2, -0.15) is 0 Å². The van der Waals surface area contributed by atoms with Crippen LogP contribution in [-0.2, 0) is 9.59 Å². The Morgan fingerprint density at radius 3 is 2.38 bits per heavy atom. The molecule has 8 nitrogen and oxygen atoms in total. The number of carbonyl (C=O) groups excluding carboxylic acids is 2. The Bertz CT molecular complexity index is 1040. The molecule has 0 radical (unpaired) electrons. The first-order valence-electron chi connectivity index (χ1n) is 13.0. The molecule has 3 fully saturated rings. The molecular weight excluding hydrogens is 486 g/mol. The molecule has 2 unspecified atom stereocenters. The largest absolute Gasteiger partial charge is 0.496 e. The topological polar surface area (TPSA) is 114 Å². The monoisotopic (exact) mass is 522 g/mol. The Balaban J connectivity index is 1.41. The summed E-state index contributed by atoms with van der Waals surface area (Å²) in [5.74, 6) is -2.71. The molecule has 1 aromatic rings. The minimum atomic E-state index is -0.853. The van der Waals surface area contributed by atoms with Crippen molar-refractivity contribution in [2.45, 2.75) is 76.9 Å². The fourth-order valence-electron chi connectivity index (χ4n) is 5.34. The van der Waals surface area contributed by atoms with Gasteiger partial charge in [-0.25, -0.2) is 4.39 Å². The fourth-order valence-corrected chi connectivity index (χ4v) is 5.34. The standard InChI is InChI=1S/C27H36F2N2O6/c1-26(25(34)35)8-6-16(7-9-26)37-22-12-18(21(36-2)13-19(22)29)24(33)31-20-5-3-4-17(20)23(32)30-15-27(14-28)10-11-27/h12-13,16-17,20H,3-11,14-15H2,1-2H3,(H,30,32)(H,31,33)(H,34,35). The number of carbonyl (C=O) groups is 3. The molecule has 3 N–H and O–H groups in total. The number of halogens is 2. The van der Waals surface area contributed by atoms with Gasteiger partial charge < -0.3 is 25.2 Å². The Hall–Kier alpha value is -2.91. The minimum Gasteiger partial charge on any atom is -0.496 e. The third-order valence-corrected chi connectivity index (χ3v) is 8.39. The Morgan fingerprint density at radius 1 is 1.08 bits per heavy atom. The van der Waals surface area contributed by atoms with E-state index in [1.807, 2.05) is 0 Å². The second kappa shape index (κ2) is 10.8. The van der Waals surface area contributed by atoms with Gasteiger partial charge in [-0.3, -0.25) is 18.8 Å². The molecule has 4 rings (SSSR count). The average molecular weight is 523 g/mol. The molecule has 0 aliphatic heterocycles. The molecule has 3 saturated carbocycles. The molecule has 0 bridgehead atoms. The van der Waals surface area contributed by atoms with E-state index in [1.165, 1.54) is 13.2 Å². The number of alkyl halides is 1. The van der Waals surface area contributed by atoms with Crippen molar-refractivity contribution in [2.24, 2.45) is 16.7 Å². The number of carboxylic acid groups (broad SMARTS) is 1. The van der Waals surface area contributed by atoms with Crippen LogP contribution in [0.5, 0.6) is 11.5 Å². The molecule has 3 aliphatic carbocycles. The maximum atomic E-state index is 14.8. The van der Waals surface area contributed by atoms with Gasteiger partial charge in [-0.15, -0.1) is 0 Å². The molecule has 0 saturated heterocycles. The predicted molar refractivity (Wildman–Crippen MR) is 131 cm³/mol. The lowest BCUT2D eigenvalue weighted by Crippen LogP contribution is -2.45. The van der Waals surface area contributed by atoms with E-state index in [9.17, 15) is 28.3 Å². The summed E-state index contributed by atoms with van der Waals surface area (Å²) in [5.41, 5.74) is -1.15. The van der Waals surface area contributed by atoms with Gasteiger partial charge in [0, 0.05) is 24.1 Å². The number of benzene rings is 1. The van der Waals surface area contributed by atoms with E-state index >= 15 is 0 Å². The lowest BCUT2D eigenvalue weighted by Gasteiger charge is -2.34. The lowest BCUT2D eigenvalue weighted by atomic mass is 9.75. The lowest BCUT2D eigenvalue weighted by molar-refractivity contribution is -0.150. The van der Waals surface area contributed by atoms with Crippen molar-refractivity contribution in [3.8, 4) is 11.5 Å². The summed E-state index contributed by atoms with van der Waals surface area (Å²) < 4.78 is 39.1. The Labute approximate surface area is 215 Å². The van der Waals surface area contributed by atoms with Gasteiger partial charge in [0.25, 0.3) is 5.91 Å². The molecule has 0 heterocycles. The summed E-state index contributed by atoms with van der Waals surface area (Å²) in [7, 11) is 1.34. The molecule has 204 valence electrons. The maximum Gasteiger partial charge on any atom is 0.309 e. The second-order valence-electron chi connectivity index (χ2n) is 11.1. The van der Waals surface area contributed by atoms with Crippen molar-refractivity contribution in [3.05, 3.63) is 23.5 Å². The number of nitrogens with one attached hydrogen (secondary N) is 2. The zero-order valence-electron chi connectivity index (χ0n) is 21.4. The quantitative estimate of drug-likeness (QED) is 0.428. The average Bonchev–Trinajstić information content (AvgIpc) is 3.53. The third-order valence-electron chi connectivity index (χ3n) is 8.39. The van der Waals surface area contributed by atoms with E-state index in [0.717, 1.165) is 25.3 Å². The zero-order chi connectivity index (χ0) is 26.8. The first-order chi connectivity index (χ1) is 17.6. The van der Waals surface area contributed by atoms with Gasteiger partial charge in [-0.1, -0.05) is 6.42 Å². The van der Waals surface area contributed by atoms with Crippen LogP contribution in [0.15, 0.2) is 12.1 Å². The Morgan fingerprint density at radius 2 is 1.78 bits per heavy atom. The van der Waals surface area contributed by atoms with Crippen molar-refractivity contribution < 1.29 is 37.7 Å². The molecule has 1 aromatic carbocycles. The van der Waals surface area contributed by atoms with Gasteiger partial charge in [0.1, 0.15) is 5.75 Å². The molecule has 37 heavy (non-hydrogen) atoms. The summed E-state index contributed by atoms with van der Waals surface area (Å²) >= 11 is 0. The van der Waals surface area contributed by atoms with Gasteiger partial charge in [0.2, 0.25) is 5.91 Å².